The fourth-order valence-corrected chi connectivity index (χ4v) is 2.72. The second-order valence-electron chi connectivity index (χ2n) is 5.46. The summed E-state index contributed by atoms with van der Waals surface area (Å²) in [6, 6.07) is 13.9. The minimum atomic E-state index is -0.174. The fourth-order valence-electron chi connectivity index (χ4n) is 2.12. The van der Waals surface area contributed by atoms with Crippen LogP contribution in [0.4, 0.5) is 11.6 Å². The smallest absolute Gasteiger partial charge is 0.240 e. The zero-order chi connectivity index (χ0) is 19.8. The number of aromatic hydroxyl groups is 1. The minimum Gasteiger partial charge on any atom is -0.507 e. The number of methoxy groups -OCH3 is 1. The number of phenolic OH excluding ortho intramolecular Hbond substituents is 1. The highest BCUT2D eigenvalue weighted by atomic mass is 32.2. The molecular formula is C18H18N6O3S. The van der Waals surface area contributed by atoms with Gasteiger partial charge in [0.15, 0.2) is 0 Å². The van der Waals surface area contributed by atoms with Gasteiger partial charge >= 0.3 is 0 Å². The summed E-state index contributed by atoms with van der Waals surface area (Å²) >= 11 is 1.19. The van der Waals surface area contributed by atoms with Crippen LogP contribution in [0.5, 0.6) is 11.5 Å². The van der Waals surface area contributed by atoms with Crippen molar-refractivity contribution in [1.82, 2.24) is 15.2 Å². The number of hydrogen-bond acceptors (Lipinski definition) is 8. The number of para-hydroxylation sites is 1. The van der Waals surface area contributed by atoms with Crippen LogP contribution in [-0.4, -0.2) is 45.3 Å². The molecule has 2 aromatic carbocycles. The van der Waals surface area contributed by atoms with Gasteiger partial charge in [0.25, 0.3) is 0 Å². The molecule has 1 heterocycles. The van der Waals surface area contributed by atoms with E-state index in [-0.39, 0.29) is 17.4 Å². The van der Waals surface area contributed by atoms with E-state index in [2.05, 4.69) is 31.0 Å². The lowest BCUT2D eigenvalue weighted by Crippen LogP contribution is -2.14. The highest BCUT2D eigenvalue weighted by Gasteiger charge is 2.08. The van der Waals surface area contributed by atoms with Crippen molar-refractivity contribution in [1.29, 1.82) is 0 Å². The molecule has 28 heavy (non-hydrogen) atoms. The van der Waals surface area contributed by atoms with Crippen molar-refractivity contribution in [2.75, 3.05) is 23.6 Å². The van der Waals surface area contributed by atoms with E-state index in [0.717, 1.165) is 5.75 Å². The minimum absolute atomic E-state index is 0.129. The van der Waals surface area contributed by atoms with E-state index in [1.54, 1.807) is 55.6 Å². The summed E-state index contributed by atoms with van der Waals surface area (Å²) < 4.78 is 5.08. The van der Waals surface area contributed by atoms with Gasteiger partial charge in [-0.25, -0.2) is 10.5 Å². The summed E-state index contributed by atoms with van der Waals surface area (Å²) in [6.07, 6.45) is 1.47. The molecule has 0 radical (unpaired) electrons. The van der Waals surface area contributed by atoms with Gasteiger partial charge in [-0.3, -0.25) is 4.79 Å². The molecule has 10 heteroatoms. The molecule has 0 fully saturated rings. The molecule has 144 valence electrons. The Kier molecular flexibility index (Phi) is 6.47. The Balaban J connectivity index is 1.46. The van der Waals surface area contributed by atoms with E-state index >= 15 is 0 Å². The second kappa shape index (κ2) is 9.42. The lowest BCUT2D eigenvalue weighted by Gasteiger charge is -2.05. The summed E-state index contributed by atoms with van der Waals surface area (Å²) in [4.78, 5) is 16.2. The molecule has 0 aliphatic rings. The summed E-state index contributed by atoms with van der Waals surface area (Å²) in [6.45, 7) is 0. The predicted molar refractivity (Wildman–Crippen MR) is 108 cm³/mol. The summed E-state index contributed by atoms with van der Waals surface area (Å²) in [5.74, 6) is 1.16. The average molecular weight is 398 g/mol. The van der Waals surface area contributed by atoms with E-state index in [9.17, 15) is 9.90 Å². The topological polar surface area (TPSA) is 125 Å². The molecular weight excluding hydrogens is 380 g/mol. The number of nitrogens with zero attached hydrogens (tertiary/aromatic N) is 3. The number of benzene rings is 2. The first-order valence-electron chi connectivity index (χ1n) is 8.20. The van der Waals surface area contributed by atoms with Gasteiger partial charge in [0.1, 0.15) is 11.5 Å². The third kappa shape index (κ3) is 5.48. The SMILES string of the molecule is COc1ccc(NC(=O)CSc2n[nH]c(N/N=C/c3ccccc3O)n2)cc1. The van der Waals surface area contributed by atoms with Gasteiger partial charge in [-0.1, -0.05) is 23.9 Å². The first kappa shape index (κ1) is 19.2. The lowest BCUT2D eigenvalue weighted by atomic mass is 10.2. The van der Waals surface area contributed by atoms with E-state index in [4.69, 9.17) is 4.74 Å². The first-order chi connectivity index (χ1) is 13.6. The standard InChI is InChI=1S/C18H18N6O3S/c1-27-14-8-6-13(7-9-14)20-16(26)11-28-18-21-17(23-24-18)22-19-10-12-4-2-3-5-15(12)25/h2-10,25H,11H2,1H3,(H,20,26)(H2,21,22,23,24)/b19-10+. The molecule has 4 N–H and O–H groups in total. The highest BCUT2D eigenvalue weighted by Crippen LogP contribution is 2.17. The number of anilines is 2. The molecule has 0 unspecified atom stereocenters. The Bertz CT molecular complexity index is 958. The summed E-state index contributed by atoms with van der Waals surface area (Å²) in [5.41, 5.74) is 3.93. The number of hydrazone groups is 1. The van der Waals surface area contributed by atoms with Crippen molar-refractivity contribution in [3.63, 3.8) is 0 Å². The van der Waals surface area contributed by atoms with E-state index in [1.807, 2.05) is 0 Å². The maximum absolute atomic E-state index is 12.0. The van der Waals surface area contributed by atoms with Crippen LogP contribution in [0.25, 0.3) is 0 Å². The quantitative estimate of drug-likeness (QED) is 0.261. The third-order valence-corrected chi connectivity index (χ3v) is 4.33. The number of aromatic nitrogens is 3. The second-order valence-corrected chi connectivity index (χ2v) is 6.40. The third-order valence-electron chi connectivity index (χ3n) is 3.48. The lowest BCUT2D eigenvalue weighted by molar-refractivity contribution is -0.113. The van der Waals surface area contributed by atoms with Gasteiger partial charge < -0.3 is 15.2 Å². The van der Waals surface area contributed by atoms with Crippen molar-refractivity contribution in [2.24, 2.45) is 5.10 Å². The molecule has 0 bridgehead atoms. The van der Waals surface area contributed by atoms with Gasteiger partial charge in [-0.05, 0) is 36.4 Å². The number of ether oxygens (including phenoxy) is 1. The van der Waals surface area contributed by atoms with E-state index in [1.165, 1.54) is 18.0 Å². The Morgan fingerprint density at radius 2 is 2.07 bits per heavy atom. The predicted octanol–water partition coefficient (Wildman–Crippen LogP) is 2.70. The molecule has 0 saturated heterocycles. The van der Waals surface area contributed by atoms with Gasteiger partial charge in [0, 0.05) is 11.3 Å². The number of amides is 1. The molecule has 0 atom stereocenters. The summed E-state index contributed by atoms with van der Waals surface area (Å²) in [7, 11) is 1.58. The monoisotopic (exact) mass is 398 g/mol. The number of phenols is 1. The maximum atomic E-state index is 12.0. The number of aromatic amines is 1. The number of rotatable bonds is 8. The van der Waals surface area contributed by atoms with Crippen molar-refractivity contribution in [3.8, 4) is 11.5 Å². The highest BCUT2D eigenvalue weighted by molar-refractivity contribution is 7.99. The summed E-state index contributed by atoms with van der Waals surface area (Å²) in [5, 5.41) is 23.5. The maximum Gasteiger partial charge on any atom is 0.240 e. The van der Waals surface area contributed by atoms with E-state index < -0.39 is 0 Å². The number of thioether (sulfide) groups is 1. The number of hydrogen-bond donors (Lipinski definition) is 4. The van der Waals surface area contributed by atoms with Crippen molar-refractivity contribution < 1.29 is 14.6 Å². The number of nitrogens with one attached hydrogen (secondary N) is 3. The molecule has 3 aromatic rings. The normalized spacial score (nSPS) is 10.8. The number of carbonyl (C=O) groups excluding carboxylic acids is 1. The number of carbonyl (C=O) groups is 1. The zero-order valence-corrected chi connectivity index (χ0v) is 15.7. The molecule has 9 nitrogen and oxygen atoms in total. The van der Waals surface area contributed by atoms with Crippen LogP contribution in [0.3, 0.4) is 0 Å². The van der Waals surface area contributed by atoms with Crippen LogP contribution in [0, 0.1) is 0 Å². The van der Waals surface area contributed by atoms with Crippen LogP contribution in [0.15, 0.2) is 58.8 Å². The Morgan fingerprint density at radius 1 is 1.29 bits per heavy atom. The van der Waals surface area contributed by atoms with E-state index in [0.29, 0.717) is 22.4 Å². The molecule has 1 amide bonds. The van der Waals surface area contributed by atoms with Gasteiger partial charge in [-0.2, -0.15) is 10.1 Å². The molecule has 0 aliphatic heterocycles. The Labute approximate surface area is 165 Å². The van der Waals surface area contributed by atoms with Crippen LogP contribution in [0.2, 0.25) is 0 Å². The van der Waals surface area contributed by atoms with Gasteiger partial charge in [0.2, 0.25) is 17.0 Å². The van der Waals surface area contributed by atoms with Crippen molar-refractivity contribution in [3.05, 3.63) is 54.1 Å². The van der Waals surface area contributed by atoms with Crippen molar-refractivity contribution in [2.45, 2.75) is 5.16 Å². The van der Waals surface area contributed by atoms with Crippen LogP contribution < -0.4 is 15.5 Å². The van der Waals surface area contributed by atoms with Gasteiger partial charge in [-0.15, -0.1) is 5.10 Å². The molecule has 0 spiro atoms. The first-order valence-corrected chi connectivity index (χ1v) is 9.19. The van der Waals surface area contributed by atoms with Crippen LogP contribution >= 0.6 is 11.8 Å². The zero-order valence-electron chi connectivity index (χ0n) is 14.9. The van der Waals surface area contributed by atoms with Crippen LogP contribution in [-0.2, 0) is 4.79 Å². The Morgan fingerprint density at radius 3 is 2.82 bits per heavy atom. The number of H-pyrrole nitrogens is 1. The molecule has 1 aromatic heterocycles. The average Bonchev–Trinajstić information content (AvgIpc) is 3.16. The fraction of sp³-hybridized carbons (Fsp3) is 0.111. The van der Waals surface area contributed by atoms with Crippen molar-refractivity contribution >= 4 is 35.5 Å². The largest absolute Gasteiger partial charge is 0.507 e. The molecule has 0 saturated carbocycles. The van der Waals surface area contributed by atoms with Crippen LogP contribution in [0.1, 0.15) is 5.56 Å². The molecule has 3 rings (SSSR count). The Hall–Kier alpha value is -3.53. The van der Waals surface area contributed by atoms with Gasteiger partial charge in [0.05, 0.1) is 19.1 Å². The molecule has 0 aliphatic carbocycles.